The number of carbonyl (C=O) groups is 3. The van der Waals surface area contributed by atoms with Gasteiger partial charge in [-0.15, -0.1) is 0 Å². The van der Waals surface area contributed by atoms with Crippen LogP contribution in [0.25, 0.3) is 0 Å². The van der Waals surface area contributed by atoms with Crippen LogP contribution in [-0.4, -0.2) is 45.4 Å². The van der Waals surface area contributed by atoms with Crippen LogP contribution in [0, 0.1) is 5.92 Å². The Hall–Kier alpha value is -1.28. The van der Waals surface area contributed by atoms with E-state index in [2.05, 4.69) is 17.9 Å². The Bertz CT molecular complexity index is 334. The number of primary amides is 1. The Labute approximate surface area is 110 Å². The number of amides is 2. The van der Waals surface area contributed by atoms with Gasteiger partial charge in [-0.25, -0.2) is 0 Å². The van der Waals surface area contributed by atoms with Crippen LogP contribution in [-0.2, 0) is 14.4 Å². The minimum atomic E-state index is -1.85. The van der Waals surface area contributed by atoms with Crippen LogP contribution in [0.2, 0.25) is 0 Å². The molecule has 2 amide bonds. The summed E-state index contributed by atoms with van der Waals surface area (Å²) in [6, 6.07) is -0.943. The SMILES string of the molecule is CC(C)C[C@H](NC(=O)[C@@H](O)[C@@H](S)C(=O)O)C(N)=O. The Morgan fingerprint density at radius 3 is 2.17 bits per heavy atom. The molecule has 0 aliphatic rings. The lowest BCUT2D eigenvalue weighted by Crippen LogP contribution is -2.51. The molecule has 8 heteroatoms. The highest BCUT2D eigenvalue weighted by molar-refractivity contribution is 7.81. The van der Waals surface area contributed by atoms with E-state index >= 15 is 0 Å². The van der Waals surface area contributed by atoms with Crippen molar-refractivity contribution in [1.29, 1.82) is 0 Å². The summed E-state index contributed by atoms with van der Waals surface area (Å²) in [4.78, 5) is 33.1. The summed E-state index contributed by atoms with van der Waals surface area (Å²) in [6.07, 6.45) is -1.54. The lowest BCUT2D eigenvalue weighted by Gasteiger charge is -2.20. The van der Waals surface area contributed by atoms with Gasteiger partial charge in [0.25, 0.3) is 5.91 Å². The molecule has 0 saturated carbocycles. The van der Waals surface area contributed by atoms with Crippen LogP contribution in [0.5, 0.6) is 0 Å². The van der Waals surface area contributed by atoms with Crippen LogP contribution in [0.1, 0.15) is 20.3 Å². The van der Waals surface area contributed by atoms with Crippen LogP contribution in [0.4, 0.5) is 0 Å². The molecule has 5 N–H and O–H groups in total. The molecule has 0 rings (SSSR count). The maximum atomic E-state index is 11.5. The molecule has 0 bridgehead atoms. The maximum absolute atomic E-state index is 11.5. The minimum Gasteiger partial charge on any atom is -0.480 e. The summed E-state index contributed by atoms with van der Waals surface area (Å²) in [6.45, 7) is 3.66. The van der Waals surface area contributed by atoms with Crippen molar-refractivity contribution in [3.63, 3.8) is 0 Å². The molecule has 0 heterocycles. The molecule has 3 atom stereocenters. The first kappa shape index (κ1) is 16.7. The molecule has 18 heavy (non-hydrogen) atoms. The molecule has 0 saturated heterocycles. The van der Waals surface area contributed by atoms with Gasteiger partial charge in [0.05, 0.1) is 0 Å². The van der Waals surface area contributed by atoms with Crippen molar-refractivity contribution >= 4 is 30.4 Å². The molecule has 0 unspecified atom stereocenters. The molecule has 7 nitrogen and oxygen atoms in total. The Balaban J connectivity index is 4.60. The number of nitrogens with one attached hydrogen (secondary N) is 1. The van der Waals surface area contributed by atoms with Gasteiger partial charge in [0.2, 0.25) is 5.91 Å². The first-order chi connectivity index (χ1) is 8.16. The molecule has 0 aromatic carbocycles. The molecule has 0 aromatic rings. The van der Waals surface area contributed by atoms with E-state index in [9.17, 15) is 19.5 Å². The predicted molar refractivity (Wildman–Crippen MR) is 67.0 cm³/mol. The number of hydrogen-bond donors (Lipinski definition) is 5. The second kappa shape index (κ2) is 7.22. The van der Waals surface area contributed by atoms with Gasteiger partial charge in [0.15, 0.2) is 6.10 Å². The van der Waals surface area contributed by atoms with E-state index in [-0.39, 0.29) is 5.92 Å². The number of aliphatic carboxylic acids is 1. The zero-order chi connectivity index (χ0) is 14.5. The minimum absolute atomic E-state index is 0.103. The topological polar surface area (TPSA) is 130 Å². The van der Waals surface area contributed by atoms with Gasteiger partial charge in [-0.3, -0.25) is 14.4 Å². The Kier molecular flexibility index (Phi) is 6.71. The van der Waals surface area contributed by atoms with Crippen LogP contribution in [0.15, 0.2) is 0 Å². The van der Waals surface area contributed by atoms with Crippen molar-refractivity contribution in [3.05, 3.63) is 0 Å². The summed E-state index contributed by atoms with van der Waals surface area (Å²) in [7, 11) is 0. The van der Waals surface area contributed by atoms with E-state index in [1.54, 1.807) is 0 Å². The van der Waals surface area contributed by atoms with Crippen molar-refractivity contribution in [2.75, 3.05) is 0 Å². The molecule has 0 aromatic heterocycles. The number of rotatable bonds is 7. The normalized spacial score (nSPS) is 15.8. The maximum Gasteiger partial charge on any atom is 0.319 e. The fourth-order valence-electron chi connectivity index (χ4n) is 1.25. The van der Waals surface area contributed by atoms with Gasteiger partial charge in [0, 0.05) is 0 Å². The third-order valence-corrected chi connectivity index (χ3v) is 2.69. The summed E-state index contributed by atoms with van der Waals surface area (Å²) < 4.78 is 0. The predicted octanol–water partition coefficient (Wildman–Crippen LogP) is -1.25. The molecule has 0 spiro atoms. The first-order valence-electron chi connectivity index (χ1n) is 5.35. The fraction of sp³-hybridized carbons (Fsp3) is 0.700. The Morgan fingerprint density at radius 2 is 1.83 bits per heavy atom. The largest absolute Gasteiger partial charge is 0.480 e. The number of thiol groups is 1. The van der Waals surface area contributed by atoms with Crippen molar-refractivity contribution < 1.29 is 24.6 Å². The molecular formula is C10H18N2O5S. The average molecular weight is 278 g/mol. The van der Waals surface area contributed by atoms with Crippen molar-refractivity contribution in [3.8, 4) is 0 Å². The van der Waals surface area contributed by atoms with Gasteiger partial charge in [-0.05, 0) is 12.3 Å². The molecule has 0 aliphatic heterocycles. The van der Waals surface area contributed by atoms with E-state index in [4.69, 9.17) is 10.8 Å². The number of nitrogens with two attached hydrogens (primary N) is 1. The summed E-state index contributed by atoms with van der Waals surface area (Å²) in [5.41, 5.74) is 5.10. The van der Waals surface area contributed by atoms with Crippen LogP contribution in [0.3, 0.4) is 0 Å². The van der Waals surface area contributed by atoms with Gasteiger partial charge in [-0.1, -0.05) is 13.8 Å². The third kappa shape index (κ3) is 5.37. The third-order valence-electron chi connectivity index (χ3n) is 2.19. The summed E-state index contributed by atoms with van der Waals surface area (Å²) >= 11 is 3.58. The van der Waals surface area contributed by atoms with E-state index < -0.39 is 35.2 Å². The van der Waals surface area contributed by atoms with E-state index in [1.807, 2.05) is 13.8 Å². The smallest absolute Gasteiger partial charge is 0.319 e. The van der Waals surface area contributed by atoms with Crippen LogP contribution >= 0.6 is 12.6 Å². The first-order valence-corrected chi connectivity index (χ1v) is 5.87. The van der Waals surface area contributed by atoms with E-state index in [0.29, 0.717) is 6.42 Å². The van der Waals surface area contributed by atoms with Gasteiger partial charge in [-0.2, -0.15) is 12.6 Å². The van der Waals surface area contributed by atoms with Gasteiger partial charge in [0.1, 0.15) is 11.3 Å². The highest BCUT2D eigenvalue weighted by Gasteiger charge is 2.31. The number of carbonyl (C=O) groups excluding carboxylic acids is 2. The lowest BCUT2D eigenvalue weighted by molar-refractivity contribution is -0.143. The quantitative estimate of drug-likeness (QED) is 0.371. The van der Waals surface area contributed by atoms with Crippen molar-refractivity contribution in [1.82, 2.24) is 5.32 Å². The van der Waals surface area contributed by atoms with E-state index in [1.165, 1.54) is 0 Å². The van der Waals surface area contributed by atoms with Gasteiger partial charge >= 0.3 is 5.97 Å². The number of hydrogen-bond acceptors (Lipinski definition) is 5. The highest BCUT2D eigenvalue weighted by Crippen LogP contribution is 2.07. The zero-order valence-corrected chi connectivity index (χ0v) is 11.1. The summed E-state index contributed by atoms with van der Waals surface area (Å²) in [5.74, 6) is -3.05. The number of carboxylic acid groups (broad SMARTS) is 1. The molecule has 0 fully saturated rings. The zero-order valence-electron chi connectivity index (χ0n) is 10.2. The second-order valence-electron chi connectivity index (χ2n) is 4.32. The van der Waals surface area contributed by atoms with Crippen LogP contribution < -0.4 is 11.1 Å². The Morgan fingerprint density at radius 1 is 1.33 bits per heavy atom. The van der Waals surface area contributed by atoms with Crippen molar-refractivity contribution in [2.45, 2.75) is 37.7 Å². The average Bonchev–Trinajstić information content (AvgIpc) is 2.24. The van der Waals surface area contributed by atoms with E-state index in [0.717, 1.165) is 0 Å². The second-order valence-corrected chi connectivity index (χ2v) is 4.88. The highest BCUT2D eigenvalue weighted by atomic mass is 32.1. The summed E-state index contributed by atoms with van der Waals surface area (Å²) in [5, 5.41) is 18.6. The standard InChI is InChI=1S/C10H18N2O5S/c1-4(2)3-5(8(11)14)12-9(15)6(13)7(18)10(16)17/h4-7,13,18H,3H2,1-2H3,(H2,11,14)(H,12,15)(H,16,17)/t5-,6-,7+/m0/s1. The molecule has 104 valence electrons. The monoisotopic (exact) mass is 278 g/mol. The molecule has 0 radical (unpaired) electrons. The van der Waals surface area contributed by atoms with Crippen molar-refractivity contribution in [2.24, 2.45) is 11.7 Å². The number of carboxylic acids is 1. The number of aliphatic hydroxyl groups is 1. The van der Waals surface area contributed by atoms with Gasteiger partial charge < -0.3 is 21.3 Å². The lowest BCUT2D eigenvalue weighted by atomic mass is 10.0. The number of aliphatic hydroxyl groups excluding tert-OH is 1. The fourth-order valence-corrected chi connectivity index (χ4v) is 1.39. The molecule has 0 aliphatic carbocycles. The molecular weight excluding hydrogens is 260 g/mol.